The third kappa shape index (κ3) is 2.87. The van der Waals surface area contributed by atoms with Crippen molar-refractivity contribution in [1.82, 2.24) is 4.98 Å². The first-order chi connectivity index (χ1) is 8.16. The predicted molar refractivity (Wildman–Crippen MR) is 71.0 cm³/mol. The molecular weight excluding hydrogens is 212 g/mol. The van der Waals surface area contributed by atoms with Crippen molar-refractivity contribution in [3.05, 3.63) is 30.5 Å². The van der Waals surface area contributed by atoms with Gasteiger partial charge in [-0.15, -0.1) is 0 Å². The first kappa shape index (κ1) is 11.7. The number of carbonyl (C=O) groups is 1. The van der Waals surface area contributed by atoms with E-state index in [4.69, 9.17) is 0 Å². The van der Waals surface area contributed by atoms with Crippen LogP contribution in [0, 0.1) is 5.92 Å². The second kappa shape index (κ2) is 5.04. The molecule has 0 aliphatic carbocycles. The highest BCUT2D eigenvalue weighted by atomic mass is 16.1. The average Bonchev–Trinajstić information content (AvgIpc) is 2.70. The molecule has 0 aliphatic rings. The van der Waals surface area contributed by atoms with Crippen LogP contribution in [0.5, 0.6) is 0 Å². The molecule has 0 saturated heterocycles. The summed E-state index contributed by atoms with van der Waals surface area (Å²) in [7, 11) is 0. The molecule has 0 atom stereocenters. The number of hydrogen-bond acceptors (Lipinski definition) is 1. The Labute approximate surface area is 101 Å². The Balaban J connectivity index is 2.06. The zero-order chi connectivity index (χ0) is 12.3. The van der Waals surface area contributed by atoms with Crippen LogP contribution in [0.4, 0.5) is 5.69 Å². The number of para-hydroxylation sites is 1. The summed E-state index contributed by atoms with van der Waals surface area (Å²) >= 11 is 0. The summed E-state index contributed by atoms with van der Waals surface area (Å²) < 4.78 is 0. The number of aromatic nitrogens is 1. The van der Waals surface area contributed by atoms with Crippen molar-refractivity contribution in [3.63, 3.8) is 0 Å². The first-order valence-corrected chi connectivity index (χ1v) is 6.03. The van der Waals surface area contributed by atoms with Gasteiger partial charge in [0.05, 0.1) is 5.69 Å². The smallest absolute Gasteiger partial charge is 0.224 e. The normalized spacial score (nSPS) is 11.0. The topological polar surface area (TPSA) is 44.9 Å². The maximum absolute atomic E-state index is 11.7. The highest BCUT2D eigenvalue weighted by molar-refractivity contribution is 6.01. The van der Waals surface area contributed by atoms with Gasteiger partial charge in [-0.2, -0.15) is 0 Å². The molecule has 2 N–H and O–H groups in total. The van der Waals surface area contributed by atoms with E-state index in [0.29, 0.717) is 12.3 Å². The highest BCUT2D eigenvalue weighted by Gasteiger charge is 2.07. The van der Waals surface area contributed by atoms with E-state index in [9.17, 15) is 4.79 Å². The van der Waals surface area contributed by atoms with Crippen LogP contribution in [0.15, 0.2) is 30.5 Å². The van der Waals surface area contributed by atoms with E-state index in [1.165, 1.54) is 0 Å². The van der Waals surface area contributed by atoms with Gasteiger partial charge in [0.15, 0.2) is 0 Å². The lowest BCUT2D eigenvalue weighted by Gasteiger charge is -2.05. The zero-order valence-electron chi connectivity index (χ0n) is 10.3. The van der Waals surface area contributed by atoms with Crippen LogP contribution in [0.3, 0.4) is 0 Å². The van der Waals surface area contributed by atoms with E-state index in [0.717, 1.165) is 23.0 Å². The third-order valence-corrected chi connectivity index (χ3v) is 2.81. The number of nitrogens with one attached hydrogen (secondary N) is 2. The van der Waals surface area contributed by atoms with Crippen LogP contribution < -0.4 is 5.32 Å². The Bertz CT molecular complexity index is 514. The molecule has 2 aromatic rings. The number of H-pyrrole nitrogens is 1. The molecule has 17 heavy (non-hydrogen) atoms. The Morgan fingerprint density at radius 1 is 1.35 bits per heavy atom. The predicted octanol–water partition coefficient (Wildman–Crippen LogP) is 3.54. The number of hydrogen-bond donors (Lipinski definition) is 2. The fourth-order valence-electron chi connectivity index (χ4n) is 1.81. The lowest BCUT2D eigenvalue weighted by molar-refractivity contribution is -0.116. The van der Waals surface area contributed by atoms with Crippen LogP contribution in [0.25, 0.3) is 10.9 Å². The van der Waals surface area contributed by atoms with Crippen LogP contribution in [-0.4, -0.2) is 10.9 Å². The van der Waals surface area contributed by atoms with Gasteiger partial charge < -0.3 is 10.3 Å². The first-order valence-electron chi connectivity index (χ1n) is 6.03. The summed E-state index contributed by atoms with van der Waals surface area (Å²) in [5.74, 6) is 0.646. The van der Waals surface area contributed by atoms with Gasteiger partial charge in [-0.3, -0.25) is 4.79 Å². The number of anilines is 1. The number of amides is 1. The van der Waals surface area contributed by atoms with Gasteiger partial charge in [-0.05, 0) is 18.4 Å². The summed E-state index contributed by atoms with van der Waals surface area (Å²) in [5, 5.41) is 4.01. The highest BCUT2D eigenvalue weighted by Crippen LogP contribution is 2.22. The second-order valence-electron chi connectivity index (χ2n) is 4.73. The van der Waals surface area contributed by atoms with E-state index in [2.05, 4.69) is 24.1 Å². The maximum Gasteiger partial charge on any atom is 0.224 e. The summed E-state index contributed by atoms with van der Waals surface area (Å²) in [4.78, 5) is 14.9. The van der Waals surface area contributed by atoms with Crippen LogP contribution in [0.1, 0.15) is 26.7 Å². The molecule has 1 aromatic carbocycles. The van der Waals surface area contributed by atoms with Crippen LogP contribution in [0.2, 0.25) is 0 Å². The number of rotatable bonds is 4. The van der Waals surface area contributed by atoms with Crippen molar-refractivity contribution in [2.75, 3.05) is 5.32 Å². The molecule has 0 fully saturated rings. The molecule has 0 aliphatic heterocycles. The minimum Gasteiger partial charge on any atom is -0.359 e. The van der Waals surface area contributed by atoms with Gasteiger partial charge in [0, 0.05) is 23.5 Å². The monoisotopic (exact) mass is 230 g/mol. The number of benzene rings is 1. The van der Waals surface area contributed by atoms with Gasteiger partial charge in [0.2, 0.25) is 5.91 Å². The summed E-state index contributed by atoms with van der Waals surface area (Å²) in [6.07, 6.45) is 3.35. The van der Waals surface area contributed by atoms with Gasteiger partial charge in [-0.1, -0.05) is 32.0 Å². The van der Waals surface area contributed by atoms with Crippen LogP contribution >= 0.6 is 0 Å². The Hall–Kier alpha value is -1.77. The molecule has 3 nitrogen and oxygen atoms in total. The maximum atomic E-state index is 11.7. The third-order valence-electron chi connectivity index (χ3n) is 2.81. The van der Waals surface area contributed by atoms with E-state index in [1.807, 2.05) is 30.5 Å². The molecule has 0 saturated carbocycles. The zero-order valence-corrected chi connectivity index (χ0v) is 10.3. The minimum absolute atomic E-state index is 0.0865. The van der Waals surface area contributed by atoms with Crippen molar-refractivity contribution in [3.8, 4) is 0 Å². The molecule has 0 spiro atoms. The lowest BCUT2D eigenvalue weighted by atomic mass is 10.1. The average molecular weight is 230 g/mol. The quantitative estimate of drug-likeness (QED) is 0.829. The fraction of sp³-hybridized carbons (Fsp3) is 0.357. The standard InChI is InChI=1S/C14H18N2O/c1-10(2)7-8-14(17)16-13-9-15-12-6-4-3-5-11(12)13/h3-6,9-10,15H,7-8H2,1-2H3,(H,16,17). The summed E-state index contributed by atoms with van der Waals surface area (Å²) in [5.41, 5.74) is 1.92. The number of aromatic amines is 1. The lowest BCUT2D eigenvalue weighted by Crippen LogP contribution is -2.11. The number of fused-ring (bicyclic) bond motifs is 1. The SMILES string of the molecule is CC(C)CCC(=O)Nc1c[nH]c2ccccc12. The molecule has 1 amide bonds. The van der Waals surface area contributed by atoms with Crippen molar-refractivity contribution >= 4 is 22.5 Å². The number of carbonyl (C=O) groups excluding carboxylic acids is 1. The Kier molecular flexibility index (Phi) is 3.47. The van der Waals surface area contributed by atoms with Gasteiger partial charge >= 0.3 is 0 Å². The van der Waals surface area contributed by atoms with Gasteiger partial charge in [0.25, 0.3) is 0 Å². The Morgan fingerprint density at radius 2 is 2.12 bits per heavy atom. The van der Waals surface area contributed by atoms with Crippen molar-refractivity contribution in [2.45, 2.75) is 26.7 Å². The molecule has 90 valence electrons. The molecule has 0 radical (unpaired) electrons. The minimum atomic E-state index is 0.0865. The van der Waals surface area contributed by atoms with Gasteiger partial charge in [0.1, 0.15) is 0 Å². The van der Waals surface area contributed by atoms with E-state index in [-0.39, 0.29) is 5.91 Å². The van der Waals surface area contributed by atoms with Crippen molar-refractivity contribution in [2.24, 2.45) is 5.92 Å². The largest absolute Gasteiger partial charge is 0.359 e. The molecular formula is C14H18N2O. The van der Waals surface area contributed by atoms with Gasteiger partial charge in [-0.25, -0.2) is 0 Å². The summed E-state index contributed by atoms with van der Waals surface area (Å²) in [6.45, 7) is 4.25. The summed E-state index contributed by atoms with van der Waals surface area (Å²) in [6, 6.07) is 7.95. The van der Waals surface area contributed by atoms with E-state index >= 15 is 0 Å². The molecule has 2 rings (SSSR count). The fourth-order valence-corrected chi connectivity index (χ4v) is 1.81. The van der Waals surface area contributed by atoms with Crippen molar-refractivity contribution < 1.29 is 4.79 Å². The second-order valence-corrected chi connectivity index (χ2v) is 4.73. The van der Waals surface area contributed by atoms with Crippen LogP contribution in [-0.2, 0) is 4.79 Å². The molecule has 1 heterocycles. The molecule has 0 unspecified atom stereocenters. The molecule has 0 bridgehead atoms. The molecule has 3 heteroatoms. The van der Waals surface area contributed by atoms with Crippen molar-refractivity contribution in [1.29, 1.82) is 0 Å². The van der Waals surface area contributed by atoms with E-state index in [1.54, 1.807) is 0 Å². The van der Waals surface area contributed by atoms with E-state index < -0.39 is 0 Å². The molecule has 1 aromatic heterocycles. The Morgan fingerprint density at radius 3 is 2.88 bits per heavy atom.